The van der Waals surface area contributed by atoms with Gasteiger partial charge in [-0.25, -0.2) is 4.79 Å². The van der Waals surface area contributed by atoms with Gasteiger partial charge in [0.25, 0.3) is 0 Å². The lowest BCUT2D eigenvalue weighted by Crippen LogP contribution is -2.62. The highest BCUT2D eigenvalue weighted by Gasteiger charge is 2.61. The molecule has 0 saturated heterocycles. The average Bonchev–Trinajstić information content (AvgIpc) is 2.62. The zero-order valence-electron chi connectivity index (χ0n) is 16.8. The number of benzene rings is 1. The van der Waals surface area contributed by atoms with Crippen LogP contribution in [0.25, 0.3) is 0 Å². The smallest absolute Gasteiger partial charge is 0.514 e. The summed E-state index contributed by atoms with van der Waals surface area (Å²) in [6.07, 6.45) is -1.04. The minimum atomic E-state index is -4.82. The number of halogens is 3. The highest BCUT2D eigenvalue weighted by Crippen LogP contribution is 2.61. The van der Waals surface area contributed by atoms with E-state index in [1.165, 1.54) is 6.42 Å². The van der Waals surface area contributed by atoms with E-state index in [1.807, 2.05) is 13.8 Å². The predicted octanol–water partition coefficient (Wildman–Crippen LogP) is 4.44. The van der Waals surface area contributed by atoms with E-state index in [2.05, 4.69) is 0 Å². The number of ether oxygens (including phenoxy) is 2. The van der Waals surface area contributed by atoms with Gasteiger partial charge in [-0.3, -0.25) is 0 Å². The zero-order valence-corrected chi connectivity index (χ0v) is 16.8. The van der Waals surface area contributed by atoms with Gasteiger partial charge in [0.2, 0.25) is 0 Å². The number of carbonyl (C=O) groups is 2. The molecule has 0 spiro atoms. The summed E-state index contributed by atoms with van der Waals surface area (Å²) in [5, 5.41) is 11.1. The van der Waals surface area contributed by atoms with Gasteiger partial charge < -0.3 is 19.4 Å². The Bertz CT molecular complexity index is 833. The van der Waals surface area contributed by atoms with E-state index in [0.717, 1.165) is 31.7 Å². The van der Waals surface area contributed by atoms with Gasteiger partial charge in [-0.05, 0) is 73.8 Å². The summed E-state index contributed by atoms with van der Waals surface area (Å²) in [4.78, 5) is 23.8. The standard InChI is InChI=1S/C22H25F3O5/c1-11(2)21(15-6-12-5-13(8-15)9-16(21)7-12)30-20(28)29-18-10-14(19(26)27)3-4-17(18)22(23,24)25/h3-4,10-13,15-16H,5-9H2,1-2H3,(H,26,27)/p-1. The fraction of sp³-hybridized carbons (Fsp3) is 0.636. The van der Waals surface area contributed by atoms with Crippen LogP contribution in [-0.2, 0) is 10.9 Å². The van der Waals surface area contributed by atoms with Gasteiger partial charge in [-0.15, -0.1) is 0 Å². The van der Waals surface area contributed by atoms with Crippen LogP contribution in [-0.4, -0.2) is 17.7 Å². The number of hydrogen-bond acceptors (Lipinski definition) is 5. The van der Waals surface area contributed by atoms with Gasteiger partial charge in [-0.1, -0.05) is 19.9 Å². The Labute approximate surface area is 172 Å². The molecule has 4 bridgehead atoms. The number of carboxylic acids is 1. The third kappa shape index (κ3) is 3.44. The average molecular weight is 425 g/mol. The number of carboxylic acid groups (broad SMARTS) is 1. The predicted molar refractivity (Wildman–Crippen MR) is 97.5 cm³/mol. The first-order chi connectivity index (χ1) is 14.0. The molecule has 8 heteroatoms. The lowest BCUT2D eigenvalue weighted by Gasteiger charge is -2.61. The van der Waals surface area contributed by atoms with Crippen molar-refractivity contribution in [3.8, 4) is 5.75 Å². The van der Waals surface area contributed by atoms with E-state index in [4.69, 9.17) is 9.47 Å². The number of rotatable bonds is 4. The Morgan fingerprint density at radius 2 is 1.63 bits per heavy atom. The topological polar surface area (TPSA) is 75.7 Å². The molecule has 0 amide bonds. The summed E-state index contributed by atoms with van der Waals surface area (Å²) in [6.45, 7) is 3.93. The van der Waals surface area contributed by atoms with E-state index in [1.54, 1.807) is 0 Å². The van der Waals surface area contributed by atoms with Crippen LogP contribution >= 0.6 is 0 Å². The van der Waals surface area contributed by atoms with E-state index in [9.17, 15) is 27.9 Å². The maximum Gasteiger partial charge on any atom is 0.514 e. The highest BCUT2D eigenvalue weighted by molar-refractivity contribution is 5.86. The molecular formula is C22H24F3O5-. The third-order valence-corrected chi connectivity index (χ3v) is 7.29. The molecule has 0 unspecified atom stereocenters. The molecule has 4 aliphatic rings. The fourth-order valence-electron chi connectivity index (χ4n) is 6.37. The second kappa shape index (κ2) is 7.17. The normalized spacial score (nSPS) is 32.3. The first-order valence-electron chi connectivity index (χ1n) is 10.3. The molecule has 5 nitrogen and oxygen atoms in total. The van der Waals surface area contributed by atoms with Crippen LogP contribution in [0.1, 0.15) is 61.9 Å². The molecule has 1 aromatic carbocycles. The number of hydrogen-bond donors (Lipinski definition) is 0. The maximum absolute atomic E-state index is 13.3. The number of alkyl halides is 3. The van der Waals surface area contributed by atoms with Crippen molar-refractivity contribution in [2.75, 3.05) is 0 Å². The molecule has 1 aromatic rings. The molecule has 0 atom stereocenters. The number of carbonyl (C=O) groups excluding carboxylic acids is 2. The molecule has 4 saturated carbocycles. The first-order valence-corrected chi connectivity index (χ1v) is 10.3. The summed E-state index contributed by atoms with van der Waals surface area (Å²) >= 11 is 0. The lowest BCUT2D eigenvalue weighted by atomic mass is 9.47. The Hall–Kier alpha value is -2.25. The van der Waals surface area contributed by atoms with Gasteiger partial charge in [0.15, 0.2) is 0 Å². The molecular weight excluding hydrogens is 401 g/mol. The van der Waals surface area contributed by atoms with Crippen molar-refractivity contribution in [2.45, 2.75) is 57.7 Å². The van der Waals surface area contributed by atoms with Crippen LogP contribution < -0.4 is 9.84 Å². The van der Waals surface area contributed by atoms with Crippen LogP contribution in [0.15, 0.2) is 18.2 Å². The molecule has 30 heavy (non-hydrogen) atoms. The van der Waals surface area contributed by atoms with E-state index in [-0.39, 0.29) is 17.8 Å². The van der Waals surface area contributed by atoms with Crippen molar-refractivity contribution in [3.63, 3.8) is 0 Å². The molecule has 0 radical (unpaired) electrons. The van der Waals surface area contributed by atoms with Gasteiger partial charge in [0.05, 0.1) is 11.5 Å². The van der Waals surface area contributed by atoms with Gasteiger partial charge in [0, 0.05) is 5.56 Å². The van der Waals surface area contributed by atoms with Gasteiger partial charge in [0.1, 0.15) is 11.4 Å². The van der Waals surface area contributed by atoms with Crippen LogP contribution in [0.3, 0.4) is 0 Å². The first kappa shape index (κ1) is 21.0. The lowest BCUT2D eigenvalue weighted by molar-refractivity contribution is -0.255. The molecule has 4 aliphatic carbocycles. The summed E-state index contributed by atoms with van der Waals surface area (Å²) in [6, 6.07) is 1.98. The molecule has 0 N–H and O–H groups in total. The van der Waals surface area contributed by atoms with Crippen molar-refractivity contribution in [1.82, 2.24) is 0 Å². The fourth-order valence-corrected chi connectivity index (χ4v) is 6.37. The van der Waals surface area contributed by atoms with E-state index < -0.39 is 40.8 Å². The maximum atomic E-state index is 13.3. The SMILES string of the molecule is CC(C)C1(OC(=O)Oc2cc(C(=O)[O-])ccc2C(F)(F)F)C2CC3CC(C2)CC1C3. The summed E-state index contributed by atoms with van der Waals surface area (Å²) < 4.78 is 50.8. The van der Waals surface area contributed by atoms with Crippen LogP contribution in [0.4, 0.5) is 18.0 Å². The largest absolute Gasteiger partial charge is 0.545 e. The monoisotopic (exact) mass is 425 g/mol. The highest BCUT2D eigenvalue weighted by atomic mass is 19.4. The molecule has 0 aromatic heterocycles. The number of aromatic carboxylic acids is 1. The van der Waals surface area contributed by atoms with Crippen molar-refractivity contribution in [3.05, 3.63) is 29.3 Å². The Kier molecular flexibility index (Phi) is 5.02. The Morgan fingerprint density at radius 3 is 2.10 bits per heavy atom. The van der Waals surface area contributed by atoms with Crippen LogP contribution in [0.5, 0.6) is 5.75 Å². The van der Waals surface area contributed by atoms with E-state index >= 15 is 0 Å². The second-order valence-electron chi connectivity index (χ2n) is 9.26. The van der Waals surface area contributed by atoms with Crippen molar-refractivity contribution in [1.29, 1.82) is 0 Å². The summed E-state index contributed by atoms with van der Waals surface area (Å²) in [5.41, 5.74) is -2.53. The van der Waals surface area contributed by atoms with Crippen LogP contribution in [0, 0.1) is 29.6 Å². The van der Waals surface area contributed by atoms with Crippen molar-refractivity contribution in [2.24, 2.45) is 29.6 Å². The molecule has 4 fully saturated rings. The summed E-state index contributed by atoms with van der Waals surface area (Å²) in [7, 11) is 0. The Morgan fingerprint density at radius 1 is 1.07 bits per heavy atom. The quantitative estimate of drug-likeness (QED) is 0.527. The molecule has 164 valence electrons. The second-order valence-corrected chi connectivity index (χ2v) is 9.26. The third-order valence-electron chi connectivity index (χ3n) is 7.29. The Balaban J connectivity index is 1.61. The van der Waals surface area contributed by atoms with Crippen molar-refractivity contribution < 1.29 is 37.3 Å². The molecule has 0 heterocycles. The van der Waals surface area contributed by atoms with Gasteiger partial charge in [-0.2, -0.15) is 13.2 Å². The molecule has 0 aliphatic heterocycles. The van der Waals surface area contributed by atoms with Crippen molar-refractivity contribution >= 4 is 12.1 Å². The van der Waals surface area contributed by atoms with Crippen LogP contribution in [0.2, 0.25) is 0 Å². The van der Waals surface area contributed by atoms with Gasteiger partial charge >= 0.3 is 12.3 Å². The molecule has 5 rings (SSSR count). The minimum Gasteiger partial charge on any atom is -0.545 e. The minimum absolute atomic E-state index is 0.0170. The summed E-state index contributed by atoms with van der Waals surface area (Å²) in [5.74, 6) is -1.00. The van der Waals surface area contributed by atoms with E-state index in [0.29, 0.717) is 24.0 Å². The zero-order chi connectivity index (χ0) is 21.8.